The smallest absolute Gasteiger partial charge is 0.243 e. The Kier molecular flexibility index (Phi) is 3.22. The number of aromatic nitrogens is 2. The summed E-state index contributed by atoms with van der Waals surface area (Å²) in [6.07, 6.45) is 1.78. The molecule has 1 aromatic rings. The van der Waals surface area contributed by atoms with Crippen molar-refractivity contribution in [1.82, 2.24) is 10.1 Å². The fourth-order valence-corrected chi connectivity index (χ4v) is 1.47. The van der Waals surface area contributed by atoms with Gasteiger partial charge in [-0.2, -0.15) is 4.98 Å². The highest BCUT2D eigenvalue weighted by Crippen LogP contribution is 2.11. The van der Waals surface area contributed by atoms with E-state index in [0.29, 0.717) is 6.42 Å². The van der Waals surface area contributed by atoms with Gasteiger partial charge in [-0.15, -0.1) is 0 Å². The van der Waals surface area contributed by atoms with Gasteiger partial charge < -0.3 is 10.3 Å². The summed E-state index contributed by atoms with van der Waals surface area (Å²) in [5, 5.41) is 3.53. The number of hydrogen-bond donors (Lipinski definition) is 1. The molecular weight excluding hydrogens is 206 g/mol. The lowest BCUT2D eigenvalue weighted by atomic mass is 10.2. The molecule has 1 heterocycles. The van der Waals surface area contributed by atoms with Gasteiger partial charge in [0.15, 0.2) is 15.7 Å². The standard InChI is InChI=1S/C7H13N3O3S/c1-3-5(8)7-9-6(10-13-7)4-14(2,11)12/h5H,3-4,8H2,1-2H3. The molecule has 0 radical (unpaired) electrons. The van der Waals surface area contributed by atoms with Crippen LogP contribution in [0.25, 0.3) is 0 Å². The van der Waals surface area contributed by atoms with Gasteiger partial charge in [-0.05, 0) is 6.42 Å². The molecule has 0 spiro atoms. The molecule has 7 heteroatoms. The molecule has 1 aromatic heterocycles. The van der Waals surface area contributed by atoms with Gasteiger partial charge in [-0.25, -0.2) is 8.42 Å². The molecule has 6 nitrogen and oxygen atoms in total. The van der Waals surface area contributed by atoms with Crippen LogP contribution in [0.3, 0.4) is 0 Å². The summed E-state index contributed by atoms with van der Waals surface area (Å²) >= 11 is 0. The van der Waals surface area contributed by atoms with Crippen molar-refractivity contribution in [2.75, 3.05) is 6.26 Å². The normalized spacial score (nSPS) is 14.2. The molecular formula is C7H13N3O3S. The van der Waals surface area contributed by atoms with Crippen LogP contribution in [0.2, 0.25) is 0 Å². The monoisotopic (exact) mass is 219 g/mol. The number of rotatable bonds is 4. The van der Waals surface area contributed by atoms with Crippen molar-refractivity contribution in [3.63, 3.8) is 0 Å². The lowest BCUT2D eigenvalue weighted by molar-refractivity contribution is 0.349. The summed E-state index contributed by atoms with van der Waals surface area (Å²) in [5.41, 5.74) is 5.63. The third-order valence-corrected chi connectivity index (χ3v) is 2.41. The van der Waals surface area contributed by atoms with E-state index in [4.69, 9.17) is 10.3 Å². The third-order valence-electron chi connectivity index (χ3n) is 1.63. The van der Waals surface area contributed by atoms with E-state index in [1.807, 2.05) is 6.92 Å². The zero-order valence-corrected chi connectivity index (χ0v) is 8.91. The number of nitrogens with zero attached hydrogens (tertiary/aromatic N) is 2. The van der Waals surface area contributed by atoms with Crippen LogP contribution in [0.1, 0.15) is 31.1 Å². The summed E-state index contributed by atoms with van der Waals surface area (Å²) in [6, 6.07) is -0.323. The largest absolute Gasteiger partial charge is 0.338 e. The first-order valence-corrected chi connectivity index (χ1v) is 6.24. The van der Waals surface area contributed by atoms with E-state index in [1.54, 1.807) is 0 Å². The fraction of sp³-hybridized carbons (Fsp3) is 0.714. The Morgan fingerprint density at radius 1 is 1.57 bits per heavy atom. The lowest BCUT2D eigenvalue weighted by Crippen LogP contribution is -2.09. The summed E-state index contributed by atoms with van der Waals surface area (Å²) in [5.74, 6) is 0.227. The topological polar surface area (TPSA) is 99.1 Å². The van der Waals surface area contributed by atoms with Crippen LogP contribution in [0.4, 0.5) is 0 Å². The highest BCUT2D eigenvalue weighted by molar-refractivity contribution is 7.89. The minimum atomic E-state index is -3.12. The maximum Gasteiger partial charge on any atom is 0.243 e. The minimum Gasteiger partial charge on any atom is -0.338 e. The molecule has 80 valence electrons. The molecule has 1 atom stereocenters. The van der Waals surface area contributed by atoms with Gasteiger partial charge in [0.2, 0.25) is 5.89 Å². The van der Waals surface area contributed by atoms with Crippen LogP contribution in [0.15, 0.2) is 4.52 Å². The molecule has 2 N–H and O–H groups in total. The number of sulfone groups is 1. The van der Waals surface area contributed by atoms with Gasteiger partial charge in [0, 0.05) is 6.26 Å². The van der Waals surface area contributed by atoms with Crippen molar-refractivity contribution < 1.29 is 12.9 Å². The molecule has 1 rings (SSSR count). The molecule has 0 aliphatic rings. The van der Waals surface area contributed by atoms with Gasteiger partial charge in [0.25, 0.3) is 0 Å². The second kappa shape index (κ2) is 4.05. The first-order valence-electron chi connectivity index (χ1n) is 4.18. The van der Waals surface area contributed by atoms with Crippen molar-refractivity contribution in [3.05, 3.63) is 11.7 Å². The number of hydrogen-bond acceptors (Lipinski definition) is 6. The Balaban J connectivity index is 2.79. The zero-order chi connectivity index (χ0) is 10.8. The van der Waals surface area contributed by atoms with E-state index in [-0.39, 0.29) is 23.5 Å². The maximum atomic E-state index is 10.9. The zero-order valence-electron chi connectivity index (χ0n) is 8.10. The molecule has 0 saturated carbocycles. The summed E-state index contributed by atoms with van der Waals surface area (Å²) in [6.45, 7) is 1.88. The Labute approximate surface area is 82.4 Å². The predicted molar refractivity (Wildman–Crippen MR) is 50.1 cm³/mol. The fourth-order valence-electron chi connectivity index (χ4n) is 0.886. The van der Waals surface area contributed by atoms with E-state index < -0.39 is 9.84 Å². The van der Waals surface area contributed by atoms with Gasteiger partial charge in [0.1, 0.15) is 5.75 Å². The molecule has 14 heavy (non-hydrogen) atoms. The van der Waals surface area contributed by atoms with Gasteiger partial charge in [-0.3, -0.25) is 0 Å². The Morgan fingerprint density at radius 2 is 2.21 bits per heavy atom. The lowest BCUT2D eigenvalue weighted by Gasteiger charge is -1.98. The molecule has 0 amide bonds. The molecule has 0 saturated heterocycles. The van der Waals surface area contributed by atoms with E-state index >= 15 is 0 Å². The third kappa shape index (κ3) is 3.08. The highest BCUT2D eigenvalue weighted by atomic mass is 32.2. The van der Waals surface area contributed by atoms with E-state index in [2.05, 4.69) is 10.1 Å². The number of nitrogens with two attached hydrogens (primary N) is 1. The van der Waals surface area contributed by atoms with Crippen molar-refractivity contribution in [2.24, 2.45) is 5.73 Å². The predicted octanol–water partition coefficient (Wildman–Crippen LogP) is 0.0240. The average molecular weight is 219 g/mol. The second-order valence-electron chi connectivity index (χ2n) is 3.13. The van der Waals surface area contributed by atoms with Gasteiger partial charge >= 0.3 is 0 Å². The summed E-state index contributed by atoms with van der Waals surface area (Å²) < 4.78 is 26.6. The van der Waals surface area contributed by atoms with E-state index in [1.165, 1.54) is 0 Å². The maximum absolute atomic E-state index is 10.9. The molecule has 0 aliphatic heterocycles. The first-order chi connectivity index (χ1) is 6.42. The Bertz CT molecular complexity index is 398. The van der Waals surface area contributed by atoms with Gasteiger partial charge in [0.05, 0.1) is 6.04 Å². The van der Waals surface area contributed by atoms with Crippen molar-refractivity contribution >= 4 is 9.84 Å². The Morgan fingerprint density at radius 3 is 2.71 bits per heavy atom. The first kappa shape index (κ1) is 11.1. The van der Waals surface area contributed by atoms with Crippen molar-refractivity contribution in [3.8, 4) is 0 Å². The summed E-state index contributed by atoms with van der Waals surface area (Å²) in [7, 11) is -3.12. The molecule has 0 aliphatic carbocycles. The van der Waals surface area contributed by atoms with Crippen LogP contribution in [-0.4, -0.2) is 24.8 Å². The Hall–Kier alpha value is -0.950. The van der Waals surface area contributed by atoms with Crippen LogP contribution < -0.4 is 5.73 Å². The van der Waals surface area contributed by atoms with Crippen LogP contribution in [-0.2, 0) is 15.6 Å². The summed E-state index contributed by atoms with van der Waals surface area (Å²) in [4.78, 5) is 3.88. The average Bonchev–Trinajstić information content (AvgIpc) is 2.48. The molecule has 1 unspecified atom stereocenters. The van der Waals surface area contributed by atoms with Crippen molar-refractivity contribution in [2.45, 2.75) is 25.1 Å². The highest BCUT2D eigenvalue weighted by Gasteiger charge is 2.15. The quantitative estimate of drug-likeness (QED) is 0.766. The minimum absolute atomic E-state index is 0.159. The van der Waals surface area contributed by atoms with E-state index in [0.717, 1.165) is 6.26 Å². The van der Waals surface area contributed by atoms with Crippen LogP contribution in [0.5, 0.6) is 0 Å². The molecule has 0 aromatic carbocycles. The molecule has 0 bridgehead atoms. The van der Waals surface area contributed by atoms with Crippen molar-refractivity contribution in [1.29, 1.82) is 0 Å². The molecule has 0 fully saturated rings. The van der Waals surface area contributed by atoms with Gasteiger partial charge in [-0.1, -0.05) is 12.1 Å². The van der Waals surface area contributed by atoms with E-state index in [9.17, 15) is 8.42 Å². The second-order valence-corrected chi connectivity index (χ2v) is 5.27. The SMILES string of the molecule is CCC(N)c1nc(CS(C)(=O)=O)no1. The van der Waals surface area contributed by atoms with Crippen LogP contribution >= 0.6 is 0 Å². The van der Waals surface area contributed by atoms with Crippen LogP contribution in [0, 0.1) is 0 Å².